The Balaban J connectivity index is 3.62. The Kier molecular flexibility index (Phi) is 4.08. The maximum Gasteiger partial charge on any atom is 0.299 e. The molecule has 0 saturated heterocycles. The molecule has 0 heterocycles. The van der Waals surface area contributed by atoms with Gasteiger partial charge in [-0.15, -0.1) is 0 Å². The van der Waals surface area contributed by atoms with Gasteiger partial charge in [-0.3, -0.25) is 20.2 Å². The number of benzene rings is 1. The number of nitrogens with one attached hydrogen (secondary N) is 1. The molecule has 0 aliphatic rings. The highest BCUT2D eigenvalue weighted by Crippen LogP contribution is 2.39. The molecular weight excluding hydrogens is 250 g/mol. The standard InChI is InChI=1S/C12H17N3O4/c1-5-13-11-9(14(16)17)6-8(12(2,3)4)7-10(11)15(18)19/h6-7,13H,5H2,1-4H3. The van der Waals surface area contributed by atoms with Crippen molar-refractivity contribution in [2.75, 3.05) is 11.9 Å². The van der Waals surface area contributed by atoms with Crippen molar-refractivity contribution >= 4 is 17.1 Å². The summed E-state index contributed by atoms with van der Waals surface area (Å²) in [5, 5.41) is 24.9. The lowest BCUT2D eigenvalue weighted by Gasteiger charge is -2.19. The van der Waals surface area contributed by atoms with Crippen LogP contribution in [0.2, 0.25) is 0 Å². The van der Waals surface area contributed by atoms with Gasteiger partial charge < -0.3 is 5.32 Å². The van der Waals surface area contributed by atoms with Crippen LogP contribution in [0.4, 0.5) is 17.1 Å². The highest BCUT2D eigenvalue weighted by atomic mass is 16.6. The smallest absolute Gasteiger partial charge is 0.299 e. The van der Waals surface area contributed by atoms with E-state index < -0.39 is 15.3 Å². The number of rotatable bonds is 4. The molecule has 1 aromatic rings. The number of hydrogen-bond acceptors (Lipinski definition) is 5. The van der Waals surface area contributed by atoms with Gasteiger partial charge in [-0.2, -0.15) is 0 Å². The molecule has 0 amide bonds. The van der Waals surface area contributed by atoms with Crippen molar-refractivity contribution in [1.29, 1.82) is 0 Å². The van der Waals surface area contributed by atoms with Crippen molar-refractivity contribution in [1.82, 2.24) is 0 Å². The lowest BCUT2D eigenvalue weighted by molar-refractivity contribution is -0.392. The van der Waals surface area contributed by atoms with Crippen molar-refractivity contribution in [2.24, 2.45) is 0 Å². The van der Waals surface area contributed by atoms with Gasteiger partial charge in [0.05, 0.1) is 9.85 Å². The minimum absolute atomic E-state index is 0.0366. The summed E-state index contributed by atoms with van der Waals surface area (Å²) >= 11 is 0. The quantitative estimate of drug-likeness (QED) is 0.667. The van der Waals surface area contributed by atoms with Gasteiger partial charge in [-0.25, -0.2) is 0 Å². The van der Waals surface area contributed by atoms with E-state index in [9.17, 15) is 20.2 Å². The molecule has 0 fully saturated rings. The van der Waals surface area contributed by atoms with E-state index in [1.165, 1.54) is 12.1 Å². The van der Waals surface area contributed by atoms with Gasteiger partial charge in [0.1, 0.15) is 0 Å². The van der Waals surface area contributed by atoms with E-state index in [4.69, 9.17) is 0 Å². The monoisotopic (exact) mass is 267 g/mol. The molecule has 0 atom stereocenters. The molecule has 1 aromatic carbocycles. The van der Waals surface area contributed by atoms with E-state index in [1.807, 2.05) is 20.8 Å². The first-order chi connectivity index (χ1) is 8.68. The minimum Gasteiger partial charge on any atom is -0.374 e. The third-order valence-corrected chi connectivity index (χ3v) is 2.71. The fourth-order valence-electron chi connectivity index (χ4n) is 1.69. The Morgan fingerprint density at radius 2 is 1.53 bits per heavy atom. The van der Waals surface area contributed by atoms with Gasteiger partial charge in [-0.05, 0) is 17.9 Å². The zero-order chi connectivity index (χ0) is 14.8. The second-order valence-corrected chi connectivity index (χ2v) is 5.18. The van der Waals surface area contributed by atoms with Crippen LogP contribution >= 0.6 is 0 Å². The molecule has 0 saturated carbocycles. The molecule has 1 N–H and O–H groups in total. The molecule has 0 aromatic heterocycles. The number of nitrogens with zero attached hydrogens (tertiary/aromatic N) is 2. The zero-order valence-corrected chi connectivity index (χ0v) is 11.4. The summed E-state index contributed by atoms with van der Waals surface area (Å²) in [7, 11) is 0. The van der Waals surface area contributed by atoms with Crippen LogP contribution in [0.5, 0.6) is 0 Å². The first kappa shape index (κ1) is 14.9. The maximum atomic E-state index is 11.1. The van der Waals surface area contributed by atoms with E-state index in [0.29, 0.717) is 12.1 Å². The van der Waals surface area contributed by atoms with E-state index in [-0.39, 0.29) is 17.1 Å². The Labute approximate surface area is 110 Å². The van der Waals surface area contributed by atoms with E-state index in [0.717, 1.165) is 0 Å². The van der Waals surface area contributed by atoms with Gasteiger partial charge in [0.2, 0.25) is 0 Å². The Morgan fingerprint density at radius 3 is 1.79 bits per heavy atom. The summed E-state index contributed by atoms with van der Waals surface area (Å²) in [6.07, 6.45) is 0. The second kappa shape index (κ2) is 5.21. The fraction of sp³-hybridized carbons (Fsp3) is 0.500. The molecule has 7 heteroatoms. The average Bonchev–Trinajstić information content (AvgIpc) is 2.27. The van der Waals surface area contributed by atoms with Crippen LogP contribution in [-0.4, -0.2) is 16.4 Å². The average molecular weight is 267 g/mol. The summed E-state index contributed by atoms with van der Waals surface area (Å²) in [5.74, 6) is 0. The van der Waals surface area contributed by atoms with Crippen molar-refractivity contribution < 1.29 is 9.85 Å². The van der Waals surface area contributed by atoms with Gasteiger partial charge >= 0.3 is 0 Å². The lowest BCUT2D eigenvalue weighted by atomic mass is 9.86. The van der Waals surface area contributed by atoms with Gasteiger partial charge in [-0.1, -0.05) is 20.8 Å². The molecular formula is C12H17N3O4. The first-order valence-corrected chi connectivity index (χ1v) is 5.89. The van der Waals surface area contributed by atoms with Crippen LogP contribution in [0.15, 0.2) is 12.1 Å². The normalized spacial score (nSPS) is 11.2. The van der Waals surface area contributed by atoms with E-state index in [2.05, 4.69) is 5.32 Å². The topological polar surface area (TPSA) is 98.3 Å². The maximum absolute atomic E-state index is 11.1. The van der Waals surface area contributed by atoms with Crippen LogP contribution < -0.4 is 5.32 Å². The van der Waals surface area contributed by atoms with Gasteiger partial charge in [0.15, 0.2) is 5.69 Å². The van der Waals surface area contributed by atoms with Crippen molar-refractivity contribution in [3.05, 3.63) is 37.9 Å². The Bertz CT molecular complexity index is 485. The molecule has 0 radical (unpaired) electrons. The van der Waals surface area contributed by atoms with Gasteiger partial charge in [0, 0.05) is 18.7 Å². The summed E-state index contributed by atoms with van der Waals surface area (Å²) < 4.78 is 0. The number of nitro groups is 2. The molecule has 0 unspecified atom stereocenters. The summed E-state index contributed by atoms with van der Waals surface area (Å²) in [4.78, 5) is 21.0. The van der Waals surface area contributed by atoms with E-state index in [1.54, 1.807) is 6.92 Å². The van der Waals surface area contributed by atoms with Crippen LogP contribution in [-0.2, 0) is 5.41 Å². The molecule has 0 spiro atoms. The highest BCUT2D eigenvalue weighted by Gasteiger charge is 2.29. The van der Waals surface area contributed by atoms with Gasteiger partial charge in [0.25, 0.3) is 11.4 Å². The number of anilines is 1. The van der Waals surface area contributed by atoms with Crippen LogP contribution in [0.3, 0.4) is 0 Å². The first-order valence-electron chi connectivity index (χ1n) is 5.89. The highest BCUT2D eigenvalue weighted by molar-refractivity contribution is 5.75. The molecule has 7 nitrogen and oxygen atoms in total. The third-order valence-electron chi connectivity index (χ3n) is 2.71. The zero-order valence-electron chi connectivity index (χ0n) is 11.4. The summed E-state index contributed by atoms with van der Waals surface area (Å²) in [6.45, 7) is 7.65. The Morgan fingerprint density at radius 1 is 1.11 bits per heavy atom. The van der Waals surface area contributed by atoms with Crippen molar-refractivity contribution in [2.45, 2.75) is 33.1 Å². The molecule has 19 heavy (non-hydrogen) atoms. The van der Waals surface area contributed by atoms with Crippen LogP contribution in [0, 0.1) is 20.2 Å². The second-order valence-electron chi connectivity index (χ2n) is 5.18. The Hall–Kier alpha value is -2.18. The third kappa shape index (κ3) is 3.18. The molecule has 0 bridgehead atoms. The number of hydrogen-bond donors (Lipinski definition) is 1. The molecule has 0 aliphatic heterocycles. The van der Waals surface area contributed by atoms with E-state index >= 15 is 0 Å². The predicted octanol–water partition coefficient (Wildman–Crippen LogP) is 3.23. The summed E-state index contributed by atoms with van der Waals surface area (Å²) in [6, 6.07) is 2.79. The molecule has 104 valence electrons. The number of nitro benzene ring substituents is 2. The minimum atomic E-state index is -0.597. The van der Waals surface area contributed by atoms with Crippen LogP contribution in [0.1, 0.15) is 33.3 Å². The van der Waals surface area contributed by atoms with Crippen molar-refractivity contribution in [3.63, 3.8) is 0 Å². The predicted molar refractivity (Wildman–Crippen MR) is 72.6 cm³/mol. The lowest BCUT2D eigenvalue weighted by Crippen LogP contribution is -2.14. The molecule has 0 aliphatic carbocycles. The van der Waals surface area contributed by atoms with Crippen LogP contribution in [0.25, 0.3) is 0 Å². The molecule has 1 rings (SSSR count). The summed E-state index contributed by atoms with van der Waals surface area (Å²) in [5.41, 5.74) is -0.403. The SMILES string of the molecule is CCNc1c([N+](=O)[O-])cc(C(C)(C)C)cc1[N+](=O)[O-]. The largest absolute Gasteiger partial charge is 0.374 e. The van der Waals surface area contributed by atoms with Crippen molar-refractivity contribution in [3.8, 4) is 0 Å². The fourth-order valence-corrected chi connectivity index (χ4v) is 1.69.